The number of hydrogen-bond acceptors (Lipinski definition) is 7. The number of amides is 1. The van der Waals surface area contributed by atoms with Crippen molar-refractivity contribution in [2.24, 2.45) is 5.92 Å². The summed E-state index contributed by atoms with van der Waals surface area (Å²) in [6.45, 7) is 4.27. The zero-order valence-corrected chi connectivity index (χ0v) is 21.2. The number of methoxy groups -OCH3 is 1. The maximum atomic E-state index is 13.0. The predicted octanol–water partition coefficient (Wildman–Crippen LogP) is 4.45. The Morgan fingerprint density at radius 2 is 2.06 bits per heavy atom. The number of hydrogen-bond donors (Lipinski definition) is 1. The normalized spacial score (nSPS) is 20.5. The average molecular weight is 495 g/mol. The van der Waals surface area contributed by atoms with Gasteiger partial charge in [0.1, 0.15) is 6.61 Å². The number of aromatic nitrogens is 2. The van der Waals surface area contributed by atoms with Crippen molar-refractivity contribution in [2.45, 2.75) is 51.1 Å². The van der Waals surface area contributed by atoms with Crippen LogP contribution in [0.3, 0.4) is 0 Å². The number of pyridine rings is 1. The summed E-state index contributed by atoms with van der Waals surface area (Å²) in [5.41, 5.74) is 2.77. The molecule has 1 fully saturated rings. The standard InChI is InChI=1S/C27H34N4O3S/c1-33-16-17-34-27-30-24-18-31(15-12-25(24)35-27)14-11-19-7-9-20(10-8-19)29-26(32)22-4-2-6-23-21(22)5-3-13-28-23/h2-6,13,19-20H,7-12,14-18H2,1H3,(H,29,32)/t19-,20-. The molecule has 186 valence electrons. The number of carbonyl (C=O) groups excluding carboxylic acids is 1. The van der Waals surface area contributed by atoms with Crippen LogP contribution in [0.4, 0.5) is 0 Å². The first-order chi connectivity index (χ1) is 17.2. The number of rotatable bonds is 9. The monoisotopic (exact) mass is 494 g/mol. The summed E-state index contributed by atoms with van der Waals surface area (Å²) in [6.07, 6.45) is 8.50. The van der Waals surface area contributed by atoms with Crippen LogP contribution in [0.1, 0.15) is 53.0 Å². The van der Waals surface area contributed by atoms with Gasteiger partial charge in [-0.25, -0.2) is 4.98 Å². The maximum absolute atomic E-state index is 13.0. The number of ether oxygens (including phenoxy) is 2. The summed E-state index contributed by atoms with van der Waals surface area (Å²) >= 11 is 1.68. The van der Waals surface area contributed by atoms with Gasteiger partial charge in [0.15, 0.2) is 0 Å². The fourth-order valence-corrected chi connectivity index (χ4v) is 6.15. The van der Waals surface area contributed by atoms with Gasteiger partial charge >= 0.3 is 0 Å². The molecule has 1 N–H and O–H groups in total. The van der Waals surface area contributed by atoms with Gasteiger partial charge in [0.2, 0.25) is 0 Å². The lowest BCUT2D eigenvalue weighted by atomic mass is 9.84. The van der Waals surface area contributed by atoms with Gasteiger partial charge in [0.05, 0.1) is 17.8 Å². The van der Waals surface area contributed by atoms with Crippen LogP contribution in [-0.2, 0) is 17.7 Å². The Morgan fingerprint density at radius 1 is 1.17 bits per heavy atom. The van der Waals surface area contributed by atoms with Crippen LogP contribution in [0, 0.1) is 5.92 Å². The summed E-state index contributed by atoms with van der Waals surface area (Å²) in [4.78, 5) is 25.9. The van der Waals surface area contributed by atoms with E-state index in [1.165, 1.54) is 29.8 Å². The Hall–Kier alpha value is -2.55. The molecule has 0 saturated heterocycles. The van der Waals surface area contributed by atoms with Crippen molar-refractivity contribution in [2.75, 3.05) is 33.4 Å². The molecule has 7 nitrogen and oxygen atoms in total. The summed E-state index contributed by atoms with van der Waals surface area (Å²) in [5.74, 6) is 0.750. The van der Waals surface area contributed by atoms with Gasteiger partial charge in [-0.15, -0.1) is 0 Å². The van der Waals surface area contributed by atoms with E-state index in [1.807, 2.05) is 30.3 Å². The Balaban J connectivity index is 1.06. The smallest absolute Gasteiger partial charge is 0.273 e. The Labute approximate surface area is 210 Å². The lowest BCUT2D eigenvalue weighted by Gasteiger charge is -2.32. The van der Waals surface area contributed by atoms with E-state index >= 15 is 0 Å². The van der Waals surface area contributed by atoms with Gasteiger partial charge in [0.25, 0.3) is 11.1 Å². The molecule has 3 heterocycles. The lowest BCUT2D eigenvalue weighted by Crippen LogP contribution is -2.38. The first kappa shape index (κ1) is 24.2. The average Bonchev–Trinajstić information content (AvgIpc) is 3.30. The summed E-state index contributed by atoms with van der Waals surface area (Å²) in [6, 6.07) is 9.87. The molecule has 2 aliphatic rings. The quantitative estimate of drug-likeness (QED) is 0.443. The number of nitrogens with zero attached hydrogens (tertiary/aromatic N) is 3. The van der Waals surface area contributed by atoms with Crippen LogP contribution < -0.4 is 10.1 Å². The van der Waals surface area contributed by atoms with Crippen molar-refractivity contribution in [1.82, 2.24) is 20.2 Å². The molecule has 1 aromatic carbocycles. The van der Waals surface area contributed by atoms with E-state index in [9.17, 15) is 4.79 Å². The highest BCUT2D eigenvalue weighted by Crippen LogP contribution is 2.31. The van der Waals surface area contributed by atoms with Crippen molar-refractivity contribution in [1.29, 1.82) is 0 Å². The van der Waals surface area contributed by atoms with Crippen LogP contribution >= 0.6 is 11.3 Å². The molecule has 0 unspecified atom stereocenters. The molecule has 8 heteroatoms. The molecule has 0 radical (unpaired) electrons. The van der Waals surface area contributed by atoms with Gasteiger partial charge in [-0.2, -0.15) is 0 Å². The lowest BCUT2D eigenvalue weighted by molar-refractivity contribution is 0.0921. The van der Waals surface area contributed by atoms with E-state index < -0.39 is 0 Å². The van der Waals surface area contributed by atoms with Crippen molar-refractivity contribution >= 4 is 28.1 Å². The molecular weight excluding hydrogens is 460 g/mol. The zero-order chi connectivity index (χ0) is 24.0. The molecule has 1 amide bonds. The second-order valence-electron chi connectivity index (χ2n) is 9.57. The Kier molecular flexibility index (Phi) is 7.91. The van der Waals surface area contributed by atoms with E-state index in [2.05, 4.69) is 15.2 Å². The van der Waals surface area contributed by atoms with Crippen molar-refractivity contribution in [3.05, 3.63) is 52.7 Å². The molecule has 0 bridgehead atoms. The Bertz CT molecular complexity index is 1140. The molecule has 0 atom stereocenters. The molecule has 1 aliphatic heterocycles. The van der Waals surface area contributed by atoms with Crippen molar-refractivity contribution in [3.8, 4) is 5.19 Å². The fraction of sp³-hybridized carbons (Fsp3) is 0.519. The number of nitrogens with one attached hydrogen (secondary N) is 1. The minimum atomic E-state index is 0.0185. The molecule has 2 aromatic heterocycles. The second kappa shape index (κ2) is 11.5. The molecule has 3 aromatic rings. The number of fused-ring (bicyclic) bond motifs is 2. The molecule has 5 rings (SSSR count). The molecule has 35 heavy (non-hydrogen) atoms. The number of thiazole rings is 1. The SMILES string of the molecule is COCCOc1nc2c(s1)CCN(CC[C@H]1CC[C@H](NC(=O)c3cccc4ncccc34)CC1)C2. The highest BCUT2D eigenvalue weighted by molar-refractivity contribution is 7.13. The van der Waals surface area contributed by atoms with Crippen LogP contribution in [0.15, 0.2) is 36.5 Å². The van der Waals surface area contributed by atoms with Crippen molar-refractivity contribution in [3.63, 3.8) is 0 Å². The number of carbonyl (C=O) groups is 1. The molecular formula is C27H34N4O3S. The number of benzene rings is 1. The first-order valence-corrected chi connectivity index (χ1v) is 13.5. The van der Waals surface area contributed by atoms with Crippen LogP contribution in [0.2, 0.25) is 0 Å². The van der Waals surface area contributed by atoms with E-state index in [-0.39, 0.29) is 11.9 Å². The van der Waals surface area contributed by atoms with Gasteiger partial charge in [-0.3, -0.25) is 14.7 Å². The van der Waals surface area contributed by atoms with E-state index in [0.29, 0.717) is 13.2 Å². The van der Waals surface area contributed by atoms with Crippen LogP contribution in [-0.4, -0.2) is 60.2 Å². The minimum absolute atomic E-state index is 0.0185. The van der Waals surface area contributed by atoms with E-state index in [4.69, 9.17) is 14.5 Å². The van der Waals surface area contributed by atoms with E-state index in [0.717, 1.165) is 66.5 Å². The van der Waals surface area contributed by atoms with Crippen LogP contribution in [0.5, 0.6) is 5.19 Å². The van der Waals surface area contributed by atoms with Crippen molar-refractivity contribution < 1.29 is 14.3 Å². The predicted molar refractivity (Wildman–Crippen MR) is 138 cm³/mol. The topological polar surface area (TPSA) is 76.6 Å². The Morgan fingerprint density at radius 3 is 2.91 bits per heavy atom. The largest absolute Gasteiger partial charge is 0.468 e. The molecule has 0 spiro atoms. The summed E-state index contributed by atoms with van der Waals surface area (Å²) in [5, 5.41) is 4.97. The minimum Gasteiger partial charge on any atom is -0.468 e. The molecule has 1 saturated carbocycles. The van der Waals surface area contributed by atoms with Gasteiger partial charge < -0.3 is 14.8 Å². The summed E-state index contributed by atoms with van der Waals surface area (Å²) in [7, 11) is 1.68. The third-order valence-electron chi connectivity index (χ3n) is 7.23. The van der Waals surface area contributed by atoms with Crippen LogP contribution in [0.25, 0.3) is 10.9 Å². The third kappa shape index (κ3) is 6.00. The highest BCUT2D eigenvalue weighted by Gasteiger charge is 2.26. The van der Waals surface area contributed by atoms with Gasteiger partial charge in [-0.05, 0) is 69.2 Å². The summed E-state index contributed by atoms with van der Waals surface area (Å²) < 4.78 is 10.8. The molecule has 1 aliphatic carbocycles. The van der Waals surface area contributed by atoms with E-state index in [1.54, 1.807) is 24.6 Å². The van der Waals surface area contributed by atoms with Gasteiger partial charge in [-0.1, -0.05) is 23.5 Å². The second-order valence-corrected chi connectivity index (χ2v) is 10.6. The zero-order valence-electron chi connectivity index (χ0n) is 20.4. The first-order valence-electron chi connectivity index (χ1n) is 12.7. The third-order valence-corrected chi connectivity index (χ3v) is 8.30. The highest BCUT2D eigenvalue weighted by atomic mass is 32.1. The fourth-order valence-electron chi connectivity index (χ4n) is 5.22. The van der Waals surface area contributed by atoms with Gasteiger partial charge in [0, 0.05) is 48.3 Å². The maximum Gasteiger partial charge on any atom is 0.273 e.